The molecule has 1 saturated heterocycles. The van der Waals surface area contributed by atoms with Crippen LogP contribution < -0.4 is 15.5 Å². The molecule has 2 aromatic rings. The number of ether oxygens (including phenoxy) is 2. The molecule has 2 aliphatic heterocycles. The summed E-state index contributed by atoms with van der Waals surface area (Å²) in [7, 11) is 0. The lowest BCUT2D eigenvalue weighted by Crippen LogP contribution is -2.42. The number of aromatic nitrogens is 2. The van der Waals surface area contributed by atoms with Crippen molar-refractivity contribution in [2.45, 2.75) is 64.6 Å². The first-order valence-corrected chi connectivity index (χ1v) is 13.1. The van der Waals surface area contributed by atoms with E-state index in [0.29, 0.717) is 44.2 Å². The molecular formula is C27H36N6O4. The molecule has 2 N–H and O–H groups in total. The second-order valence-electron chi connectivity index (χ2n) is 10.9. The van der Waals surface area contributed by atoms with Crippen LogP contribution in [0, 0.1) is 0 Å². The molecule has 0 unspecified atom stereocenters. The topological polar surface area (TPSA) is 109 Å². The summed E-state index contributed by atoms with van der Waals surface area (Å²) in [5.41, 5.74) is 2.92. The van der Waals surface area contributed by atoms with E-state index < -0.39 is 5.60 Å². The van der Waals surface area contributed by atoms with Gasteiger partial charge in [0.25, 0.3) is 0 Å². The zero-order valence-corrected chi connectivity index (χ0v) is 21.9. The highest BCUT2D eigenvalue weighted by molar-refractivity contribution is 5.89. The summed E-state index contributed by atoms with van der Waals surface area (Å²) in [6.07, 6.45) is 3.59. The molecule has 0 radical (unpaired) electrons. The van der Waals surface area contributed by atoms with Gasteiger partial charge in [-0.15, -0.1) is 0 Å². The predicted molar refractivity (Wildman–Crippen MR) is 141 cm³/mol. The van der Waals surface area contributed by atoms with E-state index in [9.17, 15) is 9.59 Å². The quantitative estimate of drug-likeness (QED) is 0.644. The first-order chi connectivity index (χ1) is 17.7. The molecule has 1 aromatic heterocycles. The van der Waals surface area contributed by atoms with Crippen molar-refractivity contribution in [1.29, 1.82) is 0 Å². The van der Waals surface area contributed by atoms with Gasteiger partial charge in [-0.05, 0) is 70.7 Å². The molecule has 37 heavy (non-hydrogen) atoms. The van der Waals surface area contributed by atoms with Crippen LogP contribution in [0.25, 0.3) is 11.4 Å². The number of benzene rings is 1. The number of hydrogen-bond acceptors (Lipinski definition) is 7. The van der Waals surface area contributed by atoms with E-state index in [4.69, 9.17) is 19.4 Å². The van der Waals surface area contributed by atoms with Gasteiger partial charge < -0.3 is 29.9 Å². The van der Waals surface area contributed by atoms with Crippen LogP contribution in [-0.4, -0.2) is 71.5 Å². The molecule has 5 rings (SSSR count). The smallest absolute Gasteiger partial charge is 0.410 e. The van der Waals surface area contributed by atoms with Crippen molar-refractivity contribution in [2.75, 3.05) is 43.1 Å². The number of hydrogen-bond donors (Lipinski definition) is 2. The summed E-state index contributed by atoms with van der Waals surface area (Å²) in [5.74, 6) is 1.51. The molecular weight excluding hydrogens is 472 g/mol. The van der Waals surface area contributed by atoms with Crippen molar-refractivity contribution in [1.82, 2.24) is 20.2 Å². The van der Waals surface area contributed by atoms with Gasteiger partial charge in [0.1, 0.15) is 11.4 Å². The first kappa shape index (κ1) is 25.3. The minimum Gasteiger partial charge on any atom is -0.444 e. The highest BCUT2D eigenvalue weighted by atomic mass is 16.6. The number of morpholine rings is 1. The zero-order chi connectivity index (χ0) is 26.0. The van der Waals surface area contributed by atoms with Gasteiger partial charge in [-0.1, -0.05) is 0 Å². The third-order valence-electron chi connectivity index (χ3n) is 6.85. The zero-order valence-electron chi connectivity index (χ0n) is 21.9. The second-order valence-corrected chi connectivity index (χ2v) is 10.9. The Labute approximate surface area is 217 Å². The molecule has 2 fully saturated rings. The highest BCUT2D eigenvalue weighted by Crippen LogP contribution is 2.31. The van der Waals surface area contributed by atoms with Gasteiger partial charge in [-0.2, -0.15) is 0 Å². The van der Waals surface area contributed by atoms with Gasteiger partial charge in [-0.3, -0.25) is 0 Å². The average molecular weight is 509 g/mol. The summed E-state index contributed by atoms with van der Waals surface area (Å²) in [6.45, 7) is 9.38. The minimum absolute atomic E-state index is 0.181. The van der Waals surface area contributed by atoms with Crippen molar-refractivity contribution in [2.24, 2.45) is 0 Å². The normalized spacial score (nSPS) is 18.0. The SMILES string of the molecule is CC(C)(C)OC(=O)N1CCc2c(nc(-c3ccc(NC(=O)NC4CCC4)cc3)nc2N2CCOCC2)C1. The van der Waals surface area contributed by atoms with Crippen molar-refractivity contribution in [3.8, 4) is 11.4 Å². The van der Waals surface area contributed by atoms with E-state index >= 15 is 0 Å². The van der Waals surface area contributed by atoms with E-state index in [2.05, 4.69) is 15.5 Å². The fraction of sp³-hybridized carbons (Fsp3) is 0.556. The summed E-state index contributed by atoms with van der Waals surface area (Å²) < 4.78 is 11.2. The van der Waals surface area contributed by atoms with Gasteiger partial charge in [0, 0.05) is 42.5 Å². The fourth-order valence-corrected chi connectivity index (χ4v) is 4.67. The van der Waals surface area contributed by atoms with E-state index in [1.54, 1.807) is 4.90 Å². The summed E-state index contributed by atoms with van der Waals surface area (Å²) in [5, 5.41) is 5.88. The van der Waals surface area contributed by atoms with Crippen LogP contribution in [0.5, 0.6) is 0 Å². The lowest BCUT2D eigenvalue weighted by molar-refractivity contribution is 0.0220. The molecule has 0 atom stereocenters. The molecule has 3 aliphatic rings. The Balaban J connectivity index is 1.39. The Morgan fingerprint density at radius 1 is 1.05 bits per heavy atom. The number of carbonyl (C=O) groups excluding carboxylic acids is 2. The Morgan fingerprint density at radius 2 is 1.78 bits per heavy atom. The molecule has 0 spiro atoms. The van der Waals surface area contributed by atoms with E-state index in [1.807, 2.05) is 45.0 Å². The minimum atomic E-state index is -0.558. The van der Waals surface area contributed by atoms with Crippen LogP contribution in [0.1, 0.15) is 51.3 Å². The molecule has 10 heteroatoms. The van der Waals surface area contributed by atoms with Gasteiger partial charge in [0.05, 0.1) is 25.5 Å². The Morgan fingerprint density at radius 3 is 2.43 bits per heavy atom. The molecule has 3 heterocycles. The number of urea groups is 1. The van der Waals surface area contributed by atoms with Crippen LogP contribution in [0.15, 0.2) is 24.3 Å². The van der Waals surface area contributed by atoms with Crippen molar-refractivity contribution >= 4 is 23.6 Å². The third kappa shape index (κ3) is 6.12. The fourth-order valence-electron chi connectivity index (χ4n) is 4.67. The summed E-state index contributed by atoms with van der Waals surface area (Å²) in [4.78, 5) is 38.8. The van der Waals surface area contributed by atoms with Crippen LogP contribution in [-0.2, 0) is 22.4 Å². The first-order valence-electron chi connectivity index (χ1n) is 13.1. The van der Waals surface area contributed by atoms with Crippen LogP contribution in [0.3, 0.4) is 0 Å². The van der Waals surface area contributed by atoms with Gasteiger partial charge >= 0.3 is 12.1 Å². The maximum Gasteiger partial charge on any atom is 0.410 e. The maximum absolute atomic E-state index is 12.8. The molecule has 3 amide bonds. The van der Waals surface area contributed by atoms with E-state index in [-0.39, 0.29) is 18.2 Å². The molecule has 1 saturated carbocycles. The number of carbonyl (C=O) groups is 2. The number of anilines is 2. The van der Waals surface area contributed by atoms with E-state index in [0.717, 1.165) is 48.6 Å². The van der Waals surface area contributed by atoms with Gasteiger partial charge in [-0.25, -0.2) is 19.6 Å². The monoisotopic (exact) mass is 508 g/mol. The van der Waals surface area contributed by atoms with E-state index in [1.165, 1.54) is 6.42 Å². The van der Waals surface area contributed by atoms with Gasteiger partial charge in [0.15, 0.2) is 5.82 Å². The van der Waals surface area contributed by atoms with Crippen LogP contribution >= 0.6 is 0 Å². The molecule has 0 bridgehead atoms. The molecule has 1 aromatic carbocycles. The Hall–Kier alpha value is -3.40. The number of amides is 3. The van der Waals surface area contributed by atoms with Crippen LogP contribution in [0.2, 0.25) is 0 Å². The lowest BCUT2D eigenvalue weighted by atomic mass is 9.93. The highest BCUT2D eigenvalue weighted by Gasteiger charge is 2.30. The summed E-state index contributed by atoms with van der Waals surface area (Å²) >= 11 is 0. The predicted octanol–water partition coefficient (Wildman–Crippen LogP) is 3.95. The third-order valence-corrected chi connectivity index (χ3v) is 6.85. The molecule has 198 valence electrons. The average Bonchev–Trinajstić information content (AvgIpc) is 2.85. The largest absolute Gasteiger partial charge is 0.444 e. The second kappa shape index (κ2) is 10.5. The standard InChI is InChI=1S/C27H36N6O4/c1-27(2,3)37-26(35)33-12-11-21-22(17-33)30-23(31-24(21)32-13-15-36-16-14-32)18-7-9-20(10-8-18)29-25(34)28-19-5-4-6-19/h7-10,19H,4-6,11-17H2,1-3H3,(H2,28,29,34). The van der Waals surface area contributed by atoms with Crippen LogP contribution in [0.4, 0.5) is 21.1 Å². The van der Waals surface area contributed by atoms with Gasteiger partial charge in [0.2, 0.25) is 0 Å². The number of fused-ring (bicyclic) bond motifs is 1. The molecule has 10 nitrogen and oxygen atoms in total. The number of rotatable bonds is 4. The Bertz CT molecular complexity index is 1140. The van der Waals surface area contributed by atoms with Crippen molar-refractivity contribution < 1.29 is 19.1 Å². The lowest BCUT2D eigenvalue weighted by Gasteiger charge is -2.34. The van der Waals surface area contributed by atoms with Crippen molar-refractivity contribution in [3.05, 3.63) is 35.5 Å². The number of nitrogens with zero attached hydrogens (tertiary/aromatic N) is 4. The number of nitrogens with one attached hydrogen (secondary N) is 2. The van der Waals surface area contributed by atoms with Crippen molar-refractivity contribution in [3.63, 3.8) is 0 Å². The molecule has 1 aliphatic carbocycles. The summed E-state index contributed by atoms with van der Waals surface area (Å²) in [6, 6.07) is 7.65. The maximum atomic E-state index is 12.8. The Kier molecular flexibility index (Phi) is 7.19.